The fourth-order valence-electron chi connectivity index (χ4n) is 8.81. The smallest absolute Gasteiger partial charge is 0.303 e. The highest BCUT2D eigenvalue weighted by Crippen LogP contribution is 2.42. The third-order valence-electron chi connectivity index (χ3n) is 12.0. The van der Waals surface area contributed by atoms with E-state index in [0.29, 0.717) is 65.3 Å². The predicted octanol–water partition coefficient (Wildman–Crippen LogP) is 8.22. The summed E-state index contributed by atoms with van der Waals surface area (Å²) in [7, 11) is 8.78. The molecule has 2 fully saturated rings. The second kappa shape index (κ2) is 18.0. The molecule has 1 saturated carbocycles. The molecule has 2 atom stereocenters. The Bertz CT molecular complexity index is 2230. The van der Waals surface area contributed by atoms with Gasteiger partial charge in [-0.2, -0.15) is 5.10 Å². The first-order valence-corrected chi connectivity index (χ1v) is 20.1. The first kappa shape index (κ1) is 41.4. The number of carboxylic acid groups (broad SMARTS) is 1. The highest BCUT2D eigenvalue weighted by Gasteiger charge is 2.30. The fraction of sp³-hybridized carbons (Fsp3) is 0.422. The van der Waals surface area contributed by atoms with Crippen molar-refractivity contribution in [3.63, 3.8) is 0 Å². The van der Waals surface area contributed by atoms with Crippen LogP contribution in [0.15, 0.2) is 66.9 Å². The van der Waals surface area contributed by atoms with Crippen LogP contribution in [0.2, 0.25) is 5.02 Å². The number of aromatic nitrogens is 2. The van der Waals surface area contributed by atoms with Crippen molar-refractivity contribution in [2.75, 3.05) is 48.6 Å². The number of benzene rings is 4. The molecule has 4 aromatic carbocycles. The van der Waals surface area contributed by atoms with Crippen LogP contribution in [0.4, 0.5) is 4.39 Å². The summed E-state index contributed by atoms with van der Waals surface area (Å²) >= 11 is 7.23. The summed E-state index contributed by atoms with van der Waals surface area (Å²) in [6.45, 7) is 1.78. The Morgan fingerprint density at radius 1 is 0.879 bits per heavy atom. The molecule has 308 valence electrons. The number of ether oxygens (including phenoxy) is 4. The Hall–Kier alpha value is -4.72. The van der Waals surface area contributed by atoms with Gasteiger partial charge in [0.25, 0.3) is 0 Å². The number of fused-ring (bicyclic) bond motifs is 1. The van der Waals surface area contributed by atoms with Crippen LogP contribution in [0.5, 0.6) is 17.2 Å². The number of aliphatic carboxylic acids is 1. The van der Waals surface area contributed by atoms with Crippen molar-refractivity contribution in [1.82, 2.24) is 19.6 Å². The Morgan fingerprint density at radius 2 is 1.52 bits per heavy atom. The third kappa shape index (κ3) is 8.53. The van der Waals surface area contributed by atoms with E-state index in [2.05, 4.69) is 9.80 Å². The monoisotopic (exact) mass is 814 g/mol. The minimum Gasteiger partial charge on any atom is -0.496 e. The van der Waals surface area contributed by atoms with Crippen molar-refractivity contribution in [2.45, 2.75) is 69.8 Å². The Morgan fingerprint density at radius 3 is 2.19 bits per heavy atom. The van der Waals surface area contributed by atoms with Crippen molar-refractivity contribution in [3.05, 3.63) is 88.8 Å². The van der Waals surface area contributed by atoms with Crippen LogP contribution in [0.1, 0.15) is 49.7 Å². The number of methoxy groups -OCH3 is 3. The zero-order valence-electron chi connectivity index (χ0n) is 33.7. The lowest BCUT2D eigenvalue weighted by Crippen LogP contribution is -2.47. The molecule has 1 aromatic heterocycles. The number of aliphatic hydroxyl groups is 1. The molecule has 11 nitrogen and oxygen atoms in total. The van der Waals surface area contributed by atoms with E-state index in [1.807, 2.05) is 79.6 Å². The Labute approximate surface area is 343 Å². The zero-order valence-corrected chi connectivity index (χ0v) is 34.5. The van der Waals surface area contributed by atoms with E-state index in [0.717, 1.165) is 65.4 Å². The molecule has 0 radical (unpaired) electrons. The number of rotatable bonds is 14. The second-order valence-electron chi connectivity index (χ2n) is 15.5. The first-order valence-electron chi connectivity index (χ1n) is 19.8. The van der Waals surface area contributed by atoms with Crippen molar-refractivity contribution in [3.8, 4) is 45.2 Å². The van der Waals surface area contributed by atoms with Gasteiger partial charge in [-0.3, -0.25) is 14.6 Å². The number of carbonyl (C=O) groups is 1. The number of aliphatic hydroxyl groups excluding tert-OH is 1. The molecule has 1 aliphatic heterocycles. The SMILES string of the molecule is COc1cc(-c2cccc(-c3cccc4c3cnn4-c3cc(OC)c(CN(C)[C@@H]4CCOC[C@@H]4O)c(OC)c3)c2Cl)cc(F)c1CN(C)C1CCC(CC(=O)O)CC1. The molecule has 13 heteroatoms. The van der Waals surface area contributed by atoms with Crippen LogP contribution in [0.3, 0.4) is 0 Å². The van der Waals surface area contributed by atoms with Gasteiger partial charge in [-0.05, 0) is 81.4 Å². The predicted molar refractivity (Wildman–Crippen MR) is 223 cm³/mol. The highest BCUT2D eigenvalue weighted by atomic mass is 35.5. The van der Waals surface area contributed by atoms with E-state index in [1.165, 1.54) is 6.07 Å². The standard InChI is InChI=1S/C45H52ClFN4O7/c1-49(29-14-12-27(13-15-29)18-44(53)54)24-35-37(47)19-28(20-41(35)55-3)31-8-6-10-33(45(31)46)32-9-7-11-38-34(32)23-48-51(38)30-21-42(56-4)36(43(22-30)57-5)25-50(2)39-16-17-58-26-40(39)52/h6-11,19-23,27,29,39-40,52H,12-18,24-26H2,1-5H3,(H,53,54)/t27?,29?,39-,40+/m1/s1. The van der Waals surface area contributed by atoms with Crippen molar-refractivity contribution >= 4 is 28.5 Å². The van der Waals surface area contributed by atoms with Crippen LogP contribution in [-0.2, 0) is 22.6 Å². The molecule has 0 spiro atoms. The average molecular weight is 815 g/mol. The maximum Gasteiger partial charge on any atom is 0.303 e. The van der Waals surface area contributed by atoms with Gasteiger partial charge in [0, 0.05) is 72.4 Å². The van der Waals surface area contributed by atoms with Gasteiger partial charge in [-0.1, -0.05) is 41.9 Å². The van der Waals surface area contributed by atoms with E-state index < -0.39 is 12.1 Å². The molecule has 1 saturated heterocycles. The molecular formula is C45H52ClFN4O7. The summed E-state index contributed by atoms with van der Waals surface area (Å²) < 4.78 is 40.9. The van der Waals surface area contributed by atoms with Crippen molar-refractivity contribution in [2.24, 2.45) is 5.92 Å². The van der Waals surface area contributed by atoms with Gasteiger partial charge in [-0.15, -0.1) is 0 Å². The van der Waals surface area contributed by atoms with Crippen LogP contribution >= 0.6 is 11.6 Å². The minimum atomic E-state index is -0.753. The molecule has 2 aliphatic rings. The lowest BCUT2D eigenvalue weighted by molar-refractivity contribution is -0.138. The topological polar surface area (TPSA) is 119 Å². The van der Waals surface area contributed by atoms with E-state index >= 15 is 4.39 Å². The van der Waals surface area contributed by atoms with Gasteiger partial charge < -0.3 is 29.2 Å². The molecule has 0 unspecified atom stereocenters. The van der Waals surface area contributed by atoms with Gasteiger partial charge in [-0.25, -0.2) is 9.07 Å². The number of likely N-dealkylation sites (N-methyl/N-ethyl adjacent to an activating group) is 1. The van der Waals surface area contributed by atoms with E-state index in [4.69, 9.17) is 35.6 Å². The summed E-state index contributed by atoms with van der Waals surface area (Å²) in [5, 5.41) is 25.9. The first-order chi connectivity index (χ1) is 28.0. The number of hydrogen-bond donors (Lipinski definition) is 2. The number of carboxylic acids is 1. The Kier molecular flexibility index (Phi) is 12.9. The van der Waals surface area contributed by atoms with E-state index in [9.17, 15) is 15.0 Å². The van der Waals surface area contributed by atoms with Gasteiger partial charge >= 0.3 is 5.97 Å². The van der Waals surface area contributed by atoms with Gasteiger partial charge in [0.05, 0.1) is 62.0 Å². The summed E-state index contributed by atoms with van der Waals surface area (Å²) in [5.41, 5.74) is 5.83. The van der Waals surface area contributed by atoms with Crippen LogP contribution in [-0.4, -0.2) is 103 Å². The van der Waals surface area contributed by atoms with Crippen molar-refractivity contribution < 1.29 is 38.3 Å². The van der Waals surface area contributed by atoms with Gasteiger partial charge in [0.15, 0.2) is 0 Å². The lowest BCUT2D eigenvalue weighted by Gasteiger charge is -2.35. The maximum absolute atomic E-state index is 16.1. The molecule has 1 aliphatic carbocycles. The van der Waals surface area contributed by atoms with E-state index in [1.54, 1.807) is 21.3 Å². The molecule has 7 rings (SSSR count). The molecule has 2 heterocycles. The van der Waals surface area contributed by atoms with Gasteiger partial charge in [0.1, 0.15) is 23.1 Å². The normalized spacial score (nSPS) is 19.8. The summed E-state index contributed by atoms with van der Waals surface area (Å²) in [4.78, 5) is 15.4. The summed E-state index contributed by atoms with van der Waals surface area (Å²) in [5.74, 6) is 0.778. The quantitative estimate of drug-likeness (QED) is 0.114. The highest BCUT2D eigenvalue weighted by molar-refractivity contribution is 6.36. The molecule has 0 amide bonds. The molecule has 0 bridgehead atoms. The number of nitrogens with zero attached hydrogens (tertiary/aromatic N) is 4. The Balaban J connectivity index is 1.16. The third-order valence-corrected chi connectivity index (χ3v) is 12.4. The molecular weight excluding hydrogens is 763 g/mol. The van der Waals surface area contributed by atoms with Crippen LogP contribution in [0, 0.1) is 11.7 Å². The summed E-state index contributed by atoms with van der Waals surface area (Å²) in [6.07, 6.45) is 5.61. The largest absolute Gasteiger partial charge is 0.496 e. The second-order valence-corrected chi connectivity index (χ2v) is 15.9. The number of halogens is 2. The van der Waals surface area contributed by atoms with Crippen LogP contribution in [0.25, 0.3) is 38.8 Å². The maximum atomic E-state index is 16.1. The minimum absolute atomic E-state index is 0.0517. The molecule has 2 N–H and O–H groups in total. The number of hydrogen-bond acceptors (Lipinski definition) is 9. The average Bonchev–Trinajstić information content (AvgIpc) is 3.66. The zero-order chi connectivity index (χ0) is 41.1. The van der Waals surface area contributed by atoms with E-state index in [-0.39, 0.29) is 30.2 Å². The summed E-state index contributed by atoms with van der Waals surface area (Å²) in [6, 6.07) is 19.1. The molecule has 5 aromatic rings. The lowest BCUT2D eigenvalue weighted by atomic mass is 9.83. The van der Waals surface area contributed by atoms with Gasteiger partial charge in [0.2, 0.25) is 0 Å². The van der Waals surface area contributed by atoms with Crippen molar-refractivity contribution in [1.29, 1.82) is 0 Å². The van der Waals surface area contributed by atoms with Crippen LogP contribution < -0.4 is 14.2 Å². The fourth-order valence-corrected chi connectivity index (χ4v) is 9.15. The molecule has 58 heavy (non-hydrogen) atoms.